The second-order valence-electron chi connectivity index (χ2n) is 12.8. The molecule has 0 aromatic heterocycles. The minimum Gasteiger partial charge on any atom is -0.462 e. The normalized spacial score (nSPS) is 41.7. The molecule has 6 rings (SSSR count). The highest BCUT2D eigenvalue weighted by molar-refractivity contribution is 5.66. The van der Waals surface area contributed by atoms with E-state index in [0.717, 1.165) is 44.8 Å². The van der Waals surface area contributed by atoms with E-state index in [0.29, 0.717) is 39.3 Å². The Morgan fingerprint density at radius 1 is 1.03 bits per heavy atom. The van der Waals surface area contributed by atoms with Crippen molar-refractivity contribution in [2.75, 3.05) is 33.0 Å². The van der Waals surface area contributed by atoms with Crippen molar-refractivity contribution in [3.63, 3.8) is 0 Å². The predicted octanol–water partition coefficient (Wildman–Crippen LogP) is 3.73. The van der Waals surface area contributed by atoms with Gasteiger partial charge in [-0.2, -0.15) is 0 Å². The zero-order valence-corrected chi connectivity index (χ0v) is 23.4. The lowest BCUT2D eigenvalue weighted by Crippen LogP contribution is -2.61. The number of carbonyl (C=O) groups excluding carboxylic acids is 3. The zero-order valence-electron chi connectivity index (χ0n) is 23.4. The second-order valence-corrected chi connectivity index (χ2v) is 12.8. The van der Waals surface area contributed by atoms with Crippen molar-refractivity contribution < 1.29 is 42.8 Å². The number of hydrogen-bond donors (Lipinski definition) is 0. The van der Waals surface area contributed by atoms with Gasteiger partial charge >= 0.3 is 11.9 Å². The van der Waals surface area contributed by atoms with Gasteiger partial charge < -0.3 is 33.2 Å². The summed E-state index contributed by atoms with van der Waals surface area (Å²) in [5.41, 5.74) is 0.716. The van der Waals surface area contributed by atoms with Crippen LogP contribution in [0.5, 0.6) is 0 Å². The summed E-state index contributed by atoms with van der Waals surface area (Å²) in [7, 11) is 0. The van der Waals surface area contributed by atoms with E-state index in [4.69, 9.17) is 28.4 Å². The maximum Gasteiger partial charge on any atom is 0.302 e. The second kappa shape index (κ2) is 9.93. The van der Waals surface area contributed by atoms with Crippen LogP contribution in [0.15, 0.2) is 11.6 Å². The molecular weight excluding hydrogens is 504 g/mol. The summed E-state index contributed by atoms with van der Waals surface area (Å²) >= 11 is 0. The highest BCUT2D eigenvalue weighted by Gasteiger charge is 2.69. The molecule has 1 spiro atoms. The van der Waals surface area contributed by atoms with Crippen LogP contribution in [0.25, 0.3) is 0 Å². The van der Waals surface area contributed by atoms with Gasteiger partial charge in [0.25, 0.3) is 0 Å². The lowest BCUT2D eigenvalue weighted by atomic mass is 9.45. The Hall–Kier alpha value is -1.81. The molecule has 7 atom stereocenters. The van der Waals surface area contributed by atoms with Crippen molar-refractivity contribution in [3.05, 3.63) is 11.6 Å². The molecule has 6 aliphatic rings. The van der Waals surface area contributed by atoms with E-state index in [2.05, 4.69) is 13.0 Å². The first kappa shape index (κ1) is 27.4. The van der Waals surface area contributed by atoms with Crippen molar-refractivity contribution >= 4 is 18.2 Å². The van der Waals surface area contributed by atoms with Crippen LogP contribution in [-0.4, -0.2) is 68.9 Å². The van der Waals surface area contributed by atoms with Crippen molar-refractivity contribution in [3.8, 4) is 0 Å². The van der Waals surface area contributed by atoms with Crippen LogP contribution in [0.4, 0.5) is 0 Å². The molecule has 39 heavy (non-hydrogen) atoms. The smallest absolute Gasteiger partial charge is 0.302 e. The summed E-state index contributed by atoms with van der Waals surface area (Å²) in [6.45, 7) is 7.26. The summed E-state index contributed by atoms with van der Waals surface area (Å²) in [4.78, 5) is 36.7. The molecule has 0 aromatic carbocycles. The third-order valence-electron chi connectivity index (χ3n) is 11.1. The van der Waals surface area contributed by atoms with E-state index >= 15 is 0 Å². The molecular formula is C30H42O9. The fraction of sp³-hybridized carbons (Fsp3) is 0.833. The molecule has 9 heteroatoms. The fourth-order valence-corrected chi connectivity index (χ4v) is 9.81. The molecule has 0 unspecified atom stereocenters. The molecule has 216 valence electrons. The Morgan fingerprint density at radius 3 is 2.41 bits per heavy atom. The number of carbonyl (C=O) groups is 3. The SMILES string of the molecule is CC(=O)OCC1([C@H]2CC[C@H]3[C@@H]4CC=C5CC6(CC[C@]5(C)[C@H]4[C@@H](OC(C)=O)C[C@]23CC=O)OCCO6)OCCO1. The lowest BCUT2D eigenvalue weighted by Gasteiger charge is -2.61. The van der Waals surface area contributed by atoms with E-state index in [-0.39, 0.29) is 47.8 Å². The molecule has 0 aromatic rings. The minimum absolute atomic E-state index is 0.00347. The van der Waals surface area contributed by atoms with E-state index < -0.39 is 23.0 Å². The van der Waals surface area contributed by atoms with E-state index in [1.165, 1.54) is 19.4 Å². The standard InChI is InChI=1S/C30H42O9/c1-19(32)34-18-30(37-14-15-38-30)25-7-6-23-22-5-4-21-16-29(35-12-13-36-29)9-8-27(21,3)26(22)24(39-20(2)33)17-28(23,25)10-11-31/h4,11,22-26H,5-10,12-18H2,1-3H3/t22-,23-,24-,25-,26+,27-,28-/m0/s1. The van der Waals surface area contributed by atoms with Crippen LogP contribution in [0, 0.1) is 34.5 Å². The maximum atomic E-state index is 12.5. The van der Waals surface area contributed by atoms with Crippen molar-refractivity contribution in [2.45, 2.75) is 89.8 Å². The number of hydrogen-bond acceptors (Lipinski definition) is 9. The van der Waals surface area contributed by atoms with E-state index in [9.17, 15) is 14.4 Å². The van der Waals surface area contributed by atoms with Gasteiger partial charge in [-0.15, -0.1) is 0 Å². The van der Waals surface area contributed by atoms with Crippen molar-refractivity contribution in [1.29, 1.82) is 0 Å². The van der Waals surface area contributed by atoms with Gasteiger partial charge in [0.15, 0.2) is 5.79 Å². The number of fused-ring (bicyclic) bond motifs is 5. The van der Waals surface area contributed by atoms with Gasteiger partial charge in [0.2, 0.25) is 5.79 Å². The summed E-state index contributed by atoms with van der Waals surface area (Å²) in [6.07, 6.45) is 9.00. The Labute approximate surface area is 230 Å². The number of esters is 2. The van der Waals surface area contributed by atoms with Gasteiger partial charge in [-0.05, 0) is 54.8 Å². The molecule has 0 amide bonds. The van der Waals surface area contributed by atoms with Crippen LogP contribution >= 0.6 is 0 Å². The van der Waals surface area contributed by atoms with Crippen LogP contribution in [0.1, 0.15) is 72.1 Å². The Balaban J connectivity index is 1.39. The van der Waals surface area contributed by atoms with Crippen LogP contribution in [-0.2, 0) is 42.8 Å². The molecule has 2 heterocycles. The Morgan fingerprint density at radius 2 is 1.74 bits per heavy atom. The van der Waals surface area contributed by atoms with Crippen LogP contribution < -0.4 is 0 Å². The average molecular weight is 547 g/mol. The van der Waals surface area contributed by atoms with E-state index in [1.807, 2.05) is 0 Å². The number of aldehydes is 1. The summed E-state index contributed by atoms with van der Waals surface area (Å²) in [5, 5.41) is 0. The van der Waals surface area contributed by atoms with Crippen molar-refractivity contribution in [1.82, 2.24) is 0 Å². The van der Waals surface area contributed by atoms with Gasteiger partial charge in [0, 0.05) is 44.9 Å². The number of rotatable bonds is 6. The first-order valence-electron chi connectivity index (χ1n) is 14.7. The van der Waals surface area contributed by atoms with Gasteiger partial charge in [0.1, 0.15) is 19.0 Å². The van der Waals surface area contributed by atoms with Gasteiger partial charge in [-0.1, -0.05) is 18.6 Å². The van der Waals surface area contributed by atoms with Gasteiger partial charge in [-0.3, -0.25) is 9.59 Å². The summed E-state index contributed by atoms with van der Waals surface area (Å²) in [5.74, 6) is -1.85. The number of allylic oxidation sites excluding steroid dienone is 1. The quantitative estimate of drug-likeness (QED) is 0.280. The van der Waals surface area contributed by atoms with Gasteiger partial charge in [0.05, 0.1) is 26.4 Å². The summed E-state index contributed by atoms with van der Waals surface area (Å²) < 4.78 is 36.4. The largest absolute Gasteiger partial charge is 0.462 e. The first-order chi connectivity index (χ1) is 18.7. The molecule has 0 bridgehead atoms. The Bertz CT molecular complexity index is 1030. The van der Waals surface area contributed by atoms with E-state index in [1.54, 1.807) is 0 Å². The highest BCUT2D eigenvalue weighted by Crippen LogP contribution is 2.70. The third-order valence-corrected chi connectivity index (χ3v) is 11.1. The highest BCUT2D eigenvalue weighted by atomic mass is 16.8. The van der Waals surface area contributed by atoms with Crippen LogP contribution in [0.2, 0.25) is 0 Å². The Kier molecular flexibility index (Phi) is 6.97. The molecule has 5 fully saturated rings. The molecule has 2 saturated heterocycles. The monoisotopic (exact) mass is 546 g/mol. The van der Waals surface area contributed by atoms with Crippen molar-refractivity contribution in [2.24, 2.45) is 34.5 Å². The third kappa shape index (κ3) is 4.30. The first-order valence-corrected chi connectivity index (χ1v) is 14.7. The van der Waals surface area contributed by atoms with Crippen LogP contribution in [0.3, 0.4) is 0 Å². The molecule has 4 aliphatic carbocycles. The molecule has 2 aliphatic heterocycles. The molecule has 0 radical (unpaired) electrons. The zero-order chi connectivity index (χ0) is 27.5. The number of ether oxygens (including phenoxy) is 6. The molecule has 9 nitrogen and oxygen atoms in total. The topological polar surface area (TPSA) is 107 Å². The molecule has 3 saturated carbocycles. The molecule has 0 N–H and O–H groups in total. The predicted molar refractivity (Wildman–Crippen MR) is 137 cm³/mol. The summed E-state index contributed by atoms with van der Waals surface area (Å²) in [6, 6.07) is 0. The lowest BCUT2D eigenvalue weighted by molar-refractivity contribution is -0.259. The fourth-order valence-electron chi connectivity index (χ4n) is 9.81. The van der Waals surface area contributed by atoms with Gasteiger partial charge in [-0.25, -0.2) is 0 Å². The minimum atomic E-state index is -1.09. The average Bonchev–Trinajstić information content (AvgIpc) is 3.63. The maximum absolute atomic E-state index is 12.5.